The van der Waals surface area contributed by atoms with Gasteiger partial charge in [-0.25, -0.2) is 4.98 Å². The van der Waals surface area contributed by atoms with Crippen molar-refractivity contribution in [3.63, 3.8) is 0 Å². The number of benzene rings is 1. The van der Waals surface area contributed by atoms with Gasteiger partial charge in [-0.2, -0.15) is 4.39 Å². The summed E-state index contributed by atoms with van der Waals surface area (Å²) in [6, 6.07) is 7.76. The second kappa shape index (κ2) is 6.71. The first-order chi connectivity index (χ1) is 12.4. The number of aryl methyl sites for hydroxylation is 1. The molecule has 132 valence electrons. The van der Waals surface area contributed by atoms with E-state index in [4.69, 9.17) is 0 Å². The molecule has 0 radical (unpaired) electrons. The SMILES string of the molecule is CCn1c(=O)c(C(=O)Nc2ccc(F)c([N+](=O)[O-])c2)cc2cccnc21. The number of nitro benzene ring substituents is 1. The largest absolute Gasteiger partial charge is 0.322 e. The van der Waals surface area contributed by atoms with Crippen molar-refractivity contribution in [3.8, 4) is 0 Å². The third-order valence-electron chi connectivity index (χ3n) is 3.81. The number of hydrogen-bond acceptors (Lipinski definition) is 5. The number of anilines is 1. The summed E-state index contributed by atoms with van der Waals surface area (Å²) in [5.41, 5.74) is -0.977. The number of rotatable bonds is 4. The van der Waals surface area contributed by atoms with Crippen LogP contribution in [0.25, 0.3) is 11.0 Å². The number of carbonyl (C=O) groups excluding carboxylic acids is 1. The first-order valence-electron chi connectivity index (χ1n) is 7.66. The molecule has 8 nitrogen and oxygen atoms in total. The fraction of sp³-hybridized carbons (Fsp3) is 0.118. The number of aromatic nitrogens is 2. The summed E-state index contributed by atoms with van der Waals surface area (Å²) in [5.74, 6) is -1.76. The highest BCUT2D eigenvalue weighted by atomic mass is 19.1. The molecule has 0 aliphatic heterocycles. The average Bonchev–Trinajstić information content (AvgIpc) is 2.62. The van der Waals surface area contributed by atoms with E-state index in [-0.39, 0.29) is 11.3 Å². The zero-order chi connectivity index (χ0) is 18.8. The molecule has 0 saturated carbocycles. The summed E-state index contributed by atoms with van der Waals surface area (Å²) in [7, 11) is 0. The molecule has 1 aromatic carbocycles. The number of nitrogens with zero attached hydrogens (tertiary/aromatic N) is 3. The minimum absolute atomic E-state index is 0.0110. The Balaban J connectivity index is 2.03. The smallest absolute Gasteiger partial charge is 0.306 e. The quantitative estimate of drug-likeness (QED) is 0.571. The lowest BCUT2D eigenvalue weighted by Crippen LogP contribution is -2.29. The van der Waals surface area contributed by atoms with Gasteiger partial charge in [-0.1, -0.05) is 0 Å². The van der Waals surface area contributed by atoms with E-state index in [0.29, 0.717) is 17.6 Å². The van der Waals surface area contributed by atoms with Crippen LogP contribution in [0.15, 0.2) is 47.4 Å². The minimum Gasteiger partial charge on any atom is -0.322 e. The van der Waals surface area contributed by atoms with Gasteiger partial charge in [0.2, 0.25) is 5.82 Å². The van der Waals surface area contributed by atoms with Crippen LogP contribution in [0.2, 0.25) is 0 Å². The summed E-state index contributed by atoms with van der Waals surface area (Å²) >= 11 is 0. The van der Waals surface area contributed by atoms with E-state index in [1.165, 1.54) is 16.7 Å². The maximum Gasteiger partial charge on any atom is 0.306 e. The van der Waals surface area contributed by atoms with Crippen LogP contribution in [0.1, 0.15) is 17.3 Å². The maximum absolute atomic E-state index is 13.4. The third kappa shape index (κ3) is 3.02. The molecule has 0 spiro atoms. The van der Waals surface area contributed by atoms with Crippen LogP contribution in [0.3, 0.4) is 0 Å². The minimum atomic E-state index is -1.02. The van der Waals surface area contributed by atoms with Gasteiger partial charge in [0.25, 0.3) is 11.5 Å². The van der Waals surface area contributed by atoms with Gasteiger partial charge >= 0.3 is 5.69 Å². The Morgan fingerprint density at radius 2 is 2.12 bits per heavy atom. The average molecular weight is 356 g/mol. The first kappa shape index (κ1) is 17.2. The fourth-order valence-corrected chi connectivity index (χ4v) is 2.59. The maximum atomic E-state index is 13.4. The second-order valence-corrected chi connectivity index (χ2v) is 5.40. The summed E-state index contributed by atoms with van der Waals surface area (Å²) in [6.07, 6.45) is 1.55. The normalized spacial score (nSPS) is 10.7. The van der Waals surface area contributed by atoms with E-state index in [1.54, 1.807) is 25.3 Å². The lowest BCUT2D eigenvalue weighted by molar-refractivity contribution is -0.387. The standard InChI is InChI=1S/C17H13FN4O4/c1-2-21-15-10(4-3-7-19-15)8-12(17(21)24)16(23)20-11-5-6-13(18)14(9-11)22(25)26/h3-9H,2H2,1H3,(H,20,23). The van der Waals surface area contributed by atoms with Crippen LogP contribution in [0.5, 0.6) is 0 Å². The van der Waals surface area contributed by atoms with Crippen molar-refractivity contribution >= 4 is 28.3 Å². The van der Waals surface area contributed by atoms with Crippen molar-refractivity contribution in [3.05, 3.63) is 74.4 Å². The molecular weight excluding hydrogens is 343 g/mol. The summed E-state index contributed by atoms with van der Waals surface area (Å²) in [5, 5.41) is 13.8. The summed E-state index contributed by atoms with van der Waals surface area (Å²) in [4.78, 5) is 39.1. The topological polar surface area (TPSA) is 107 Å². The molecule has 0 unspecified atom stereocenters. The van der Waals surface area contributed by atoms with Crippen molar-refractivity contribution in [2.45, 2.75) is 13.5 Å². The zero-order valence-corrected chi connectivity index (χ0v) is 13.6. The molecule has 1 amide bonds. The van der Waals surface area contributed by atoms with Gasteiger partial charge in [0, 0.05) is 29.9 Å². The van der Waals surface area contributed by atoms with Gasteiger partial charge < -0.3 is 5.32 Å². The highest BCUT2D eigenvalue weighted by Gasteiger charge is 2.19. The lowest BCUT2D eigenvalue weighted by Gasteiger charge is -2.10. The molecule has 0 bridgehead atoms. The predicted octanol–water partition coefficient (Wildman–Crippen LogP) is 2.72. The Kier molecular flexibility index (Phi) is 4.44. The third-order valence-corrected chi connectivity index (χ3v) is 3.81. The van der Waals surface area contributed by atoms with Crippen LogP contribution in [0, 0.1) is 15.9 Å². The molecule has 26 heavy (non-hydrogen) atoms. The number of nitro groups is 1. The number of nitrogens with one attached hydrogen (secondary N) is 1. The molecule has 0 aliphatic rings. The molecule has 1 N–H and O–H groups in total. The fourth-order valence-electron chi connectivity index (χ4n) is 2.59. The first-order valence-corrected chi connectivity index (χ1v) is 7.66. The van der Waals surface area contributed by atoms with Crippen molar-refractivity contribution < 1.29 is 14.1 Å². The number of pyridine rings is 2. The van der Waals surface area contributed by atoms with Crippen LogP contribution >= 0.6 is 0 Å². The Hall–Kier alpha value is -3.62. The second-order valence-electron chi connectivity index (χ2n) is 5.40. The molecule has 0 fully saturated rings. The molecule has 0 saturated heterocycles. The Morgan fingerprint density at radius 1 is 1.35 bits per heavy atom. The summed E-state index contributed by atoms with van der Waals surface area (Å²) < 4.78 is 14.8. The highest BCUT2D eigenvalue weighted by molar-refractivity contribution is 6.05. The van der Waals surface area contributed by atoms with E-state index in [0.717, 1.165) is 12.1 Å². The van der Waals surface area contributed by atoms with Crippen molar-refractivity contribution in [1.29, 1.82) is 0 Å². The lowest BCUT2D eigenvalue weighted by atomic mass is 10.1. The summed E-state index contributed by atoms with van der Waals surface area (Å²) in [6.45, 7) is 2.07. The van der Waals surface area contributed by atoms with Gasteiger partial charge in [-0.05, 0) is 37.3 Å². The monoisotopic (exact) mass is 356 g/mol. The van der Waals surface area contributed by atoms with Crippen molar-refractivity contribution in [2.24, 2.45) is 0 Å². The van der Waals surface area contributed by atoms with Gasteiger partial charge in [0.15, 0.2) is 0 Å². The highest BCUT2D eigenvalue weighted by Crippen LogP contribution is 2.22. The molecule has 3 aromatic rings. The van der Waals surface area contributed by atoms with E-state index >= 15 is 0 Å². The van der Waals surface area contributed by atoms with E-state index in [2.05, 4.69) is 10.3 Å². The predicted molar refractivity (Wildman–Crippen MR) is 92.7 cm³/mol. The van der Waals surface area contributed by atoms with Crippen LogP contribution in [0.4, 0.5) is 15.8 Å². The molecule has 0 aliphatic carbocycles. The van der Waals surface area contributed by atoms with E-state index in [9.17, 15) is 24.1 Å². The Bertz CT molecular complexity index is 1090. The van der Waals surface area contributed by atoms with Gasteiger partial charge in [0.1, 0.15) is 11.2 Å². The number of hydrogen-bond donors (Lipinski definition) is 1. The van der Waals surface area contributed by atoms with Crippen LogP contribution in [-0.2, 0) is 6.54 Å². The molecular formula is C17H13FN4O4. The van der Waals surface area contributed by atoms with Crippen LogP contribution < -0.4 is 10.9 Å². The number of amides is 1. The Morgan fingerprint density at radius 3 is 2.81 bits per heavy atom. The van der Waals surface area contributed by atoms with Gasteiger partial charge in [0.05, 0.1) is 4.92 Å². The van der Waals surface area contributed by atoms with Gasteiger partial charge in [-0.15, -0.1) is 0 Å². The number of fused-ring (bicyclic) bond motifs is 1. The molecule has 3 rings (SSSR count). The number of halogens is 1. The molecule has 9 heteroatoms. The molecule has 2 aromatic heterocycles. The van der Waals surface area contributed by atoms with Crippen LogP contribution in [-0.4, -0.2) is 20.4 Å². The van der Waals surface area contributed by atoms with E-state index in [1.807, 2.05) is 0 Å². The Labute approximate surface area is 146 Å². The zero-order valence-electron chi connectivity index (χ0n) is 13.6. The number of carbonyl (C=O) groups is 1. The molecule has 2 heterocycles. The van der Waals surface area contributed by atoms with E-state index < -0.39 is 27.9 Å². The van der Waals surface area contributed by atoms with Crippen molar-refractivity contribution in [2.75, 3.05) is 5.32 Å². The molecule has 0 atom stereocenters. The van der Waals surface area contributed by atoms with Crippen molar-refractivity contribution in [1.82, 2.24) is 9.55 Å². The van der Waals surface area contributed by atoms with Gasteiger partial charge in [-0.3, -0.25) is 24.3 Å².